The van der Waals surface area contributed by atoms with Crippen molar-refractivity contribution in [2.75, 3.05) is 7.11 Å². The van der Waals surface area contributed by atoms with Crippen LogP contribution in [0.15, 0.2) is 46.9 Å². The first-order valence-corrected chi connectivity index (χ1v) is 9.34. The van der Waals surface area contributed by atoms with Crippen molar-refractivity contribution in [3.63, 3.8) is 0 Å². The number of benzene rings is 2. The molecular weight excluding hydrogens is 401 g/mol. The number of sulfonamides is 1. The summed E-state index contributed by atoms with van der Waals surface area (Å²) in [5, 5.41) is 0. The van der Waals surface area contributed by atoms with E-state index in [4.69, 9.17) is 0 Å². The molecule has 0 fully saturated rings. The Morgan fingerprint density at radius 2 is 1.88 bits per heavy atom. The van der Waals surface area contributed by atoms with Gasteiger partial charge in [-0.15, -0.1) is 0 Å². The molecule has 0 saturated carbocycles. The van der Waals surface area contributed by atoms with Crippen molar-refractivity contribution in [2.45, 2.75) is 12.3 Å². The molecule has 0 aromatic heterocycles. The second-order valence-electron chi connectivity index (χ2n) is 5.00. The SMILES string of the molecule is COC(=O)c1ccc(CNS(=O)(=O)Cc2ccc(Br)cc2)c(F)c1. The normalized spacial score (nSPS) is 11.3. The largest absolute Gasteiger partial charge is 0.465 e. The average Bonchev–Trinajstić information content (AvgIpc) is 2.55. The van der Waals surface area contributed by atoms with Gasteiger partial charge in [0.1, 0.15) is 5.82 Å². The summed E-state index contributed by atoms with van der Waals surface area (Å²) >= 11 is 3.28. The molecule has 0 bridgehead atoms. The molecule has 2 rings (SSSR count). The van der Waals surface area contributed by atoms with Gasteiger partial charge in [0.2, 0.25) is 10.0 Å². The van der Waals surface area contributed by atoms with Crippen LogP contribution in [0.25, 0.3) is 0 Å². The smallest absolute Gasteiger partial charge is 0.337 e. The lowest BCUT2D eigenvalue weighted by atomic mass is 10.1. The third kappa shape index (κ3) is 5.12. The minimum absolute atomic E-state index is 0.0662. The molecule has 128 valence electrons. The van der Waals surface area contributed by atoms with E-state index in [1.165, 1.54) is 19.2 Å². The summed E-state index contributed by atoms with van der Waals surface area (Å²) in [5.74, 6) is -1.54. The average molecular weight is 416 g/mol. The van der Waals surface area contributed by atoms with E-state index < -0.39 is 21.8 Å². The Morgan fingerprint density at radius 1 is 1.21 bits per heavy atom. The lowest BCUT2D eigenvalue weighted by Crippen LogP contribution is -2.25. The molecule has 0 amide bonds. The molecule has 0 heterocycles. The predicted molar refractivity (Wildman–Crippen MR) is 91.3 cm³/mol. The molecular formula is C16H15BrFNO4S. The Bertz CT molecular complexity index is 838. The Morgan fingerprint density at radius 3 is 2.46 bits per heavy atom. The van der Waals surface area contributed by atoms with Crippen LogP contribution >= 0.6 is 15.9 Å². The first kappa shape index (κ1) is 18.6. The molecule has 24 heavy (non-hydrogen) atoms. The van der Waals surface area contributed by atoms with E-state index in [0.29, 0.717) is 5.56 Å². The molecule has 0 aliphatic rings. The monoisotopic (exact) mass is 415 g/mol. The zero-order chi connectivity index (χ0) is 17.7. The second kappa shape index (κ2) is 7.87. The van der Waals surface area contributed by atoms with Gasteiger partial charge >= 0.3 is 5.97 Å². The van der Waals surface area contributed by atoms with Crippen LogP contribution in [-0.4, -0.2) is 21.5 Å². The summed E-state index contributed by atoms with van der Waals surface area (Å²) in [6, 6.07) is 10.6. The summed E-state index contributed by atoms with van der Waals surface area (Å²) in [6.45, 7) is -0.202. The number of halogens is 2. The van der Waals surface area contributed by atoms with Crippen molar-refractivity contribution < 1.29 is 22.3 Å². The molecule has 0 aliphatic heterocycles. The Kier molecular flexibility index (Phi) is 6.09. The quantitative estimate of drug-likeness (QED) is 0.735. The maximum Gasteiger partial charge on any atom is 0.337 e. The van der Waals surface area contributed by atoms with Crippen LogP contribution < -0.4 is 4.72 Å². The molecule has 5 nitrogen and oxygen atoms in total. The van der Waals surface area contributed by atoms with Crippen molar-refractivity contribution in [1.82, 2.24) is 4.72 Å². The molecule has 2 aromatic rings. The van der Waals surface area contributed by atoms with E-state index in [1.807, 2.05) is 0 Å². The number of rotatable bonds is 6. The number of nitrogens with one attached hydrogen (secondary N) is 1. The zero-order valence-electron chi connectivity index (χ0n) is 12.8. The van der Waals surface area contributed by atoms with E-state index in [-0.39, 0.29) is 23.4 Å². The van der Waals surface area contributed by atoms with E-state index in [2.05, 4.69) is 25.4 Å². The molecule has 2 aromatic carbocycles. The predicted octanol–water partition coefficient (Wildman–Crippen LogP) is 2.99. The number of esters is 1. The van der Waals surface area contributed by atoms with Gasteiger partial charge in [-0.1, -0.05) is 34.1 Å². The zero-order valence-corrected chi connectivity index (χ0v) is 15.2. The minimum Gasteiger partial charge on any atom is -0.465 e. The molecule has 0 unspecified atom stereocenters. The fourth-order valence-electron chi connectivity index (χ4n) is 1.97. The molecule has 0 spiro atoms. The van der Waals surface area contributed by atoms with Crippen molar-refractivity contribution >= 4 is 31.9 Å². The van der Waals surface area contributed by atoms with E-state index in [9.17, 15) is 17.6 Å². The van der Waals surface area contributed by atoms with Crippen LogP contribution in [0.3, 0.4) is 0 Å². The minimum atomic E-state index is -3.62. The third-order valence-corrected chi connectivity index (χ3v) is 5.05. The Balaban J connectivity index is 2.04. The van der Waals surface area contributed by atoms with Gasteiger partial charge < -0.3 is 4.74 Å². The summed E-state index contributed by atoms with van der Waals surface area (Å²) in [5.41, 5.74) is 0.825. The lowest BCUT2D eigenvalue weighted by Gasteiger charge is -2.09. The highest BCUT2D eigenvalue weighted by Crippen LogP contribution is 2.14. The fraction of sp³-hybridized carbons (Fsp3) is 0.188. The molecule has 0 aliphatic carbocycles. The summed E-state index contributed by atoms with van der Waals surface area (Å²) in [4.78, 5) is 11.3. The molecule has 8 heteroatoms. The van der Waals surface area contributed by atoms with Gasteiger partial charge in [-0.3, -0.25) is 0 Å². The van der Waals surface area contributed by atoms with Crippen LogP contribution in [0, 0.1) is 5.82 Å². The molecule has 0 atom stereocenters. The van der Waals surface area contributed by atoms with Crippen LogP contribution in [0.4, 0.5) is 4.39 Å². The van der Waals surface area contributed by atoms with E-state index >= 15 is 0 Å². The first-order valence-electron chi connectivity index (χ1n) is 6.89. The Hall–Kier alpha value is -1.77. The van der Waals surface area contributed by atoms with Crippen molar-refractivity contribution in [1.29, 1.82) is 0 Å². The van der Waals surface area contributed by atoms with Crippen molar-refractivity contribution in [3.05, 3.63) is 69.4 Å². The molecule has 0 saturated heterocycles. The first-order chi connectivity index (χ1) is 11.3. The fourth-order valence-corrected chi connectivity index (χ4v) is 3.35. The number of methoxy groups -OCH3 is 1. The lowest BCUT2D eigenvalue weighted by molar-refractivity contribution is 0.0600. The van der Waals surface area contributed by atoms with Crippen molar-refractivity contribution in [3.8, 4) is 0 Å². The van der Waals surface area contributed by atoms with Gasteiger partial charge in [-0.25, -0.2) is 22.3 Å². The summed E-state index contributed by atoms with van der Waals surface area (Å²) < 4.78 is 45.8. The number of ether oxygens (including phenoxy) is 1. The highest BCUT2D eigenvalue weighted by molar-refractivity contribution is 9.10. The summed E-state index contributed by atoms with van der Waals surface area (Å²) in [6.07, 6.45) is 0. The second-order valence-corrected chi connectivity index (χ2v) is 7.73. The van der Waals surface area contributed by atoms with Crippen molar-refractivity contribution in [2.24, 2.45) is 0 Å². The van der Waals surface area contributed by atoms with Gasteiger partial charge in [0, 0.05) is 16.6 Å². The Labute approximate surface area is 148 Å². The van der Waals surface area contributed by atoms with Gasteiger partial charge in [-0.2, -0.15) is 0 Å². The van der Waals surface area contributed by atoms with Crippen LogP contribution in [0.1, 0.15) is 21.5 Å². The van der Waals surface area contributed by atoms with Gasteiger partial charge in [0.15, 0.2) is 0 Å². The number of hydrogen-bond acceptors (Lipinski definition) is 4. The maximum absolute atomic E-state index is 13.9. The maximum atomic E-state index is 13.9. The number of carbonyl (C=O) groups is 1. The van der Waals surface area contributed by atoms with Gasteiger partial charge in [0.05, 0.1) is 18.4 Å². The number of hydrogen-bond donors (Lipinski definition) is 1. The van der Waals surface area contributed by atoms with E-state index in [0.717, 1.165) is 10.5 Å². The van der Waals surface area contributed by atoms with Crippen LogP contribution in [0.2, 0.25) is 0 Å². The molecule has 1 N–H and O–H groups in total. The van der Waals surface area contributed by atoms with Crippen LogP contribution in [0.5, 0.6) is 0 Å². The van der Waals surface area contributed by atoms with Crippen LogP contribution in [-0.2, 0) is 27.1 Å². The van der Waals surface area contributed by atoms with Gasteiger partial charge in [-0.05, 0) is 29.8 Å². The van der Waals surface area contributed by atoms with E-state index in [1.54, 1.807) is 24.3 Å². The highest BCUT2D eigenvalue weighted by atomic mass is 79.9. The molecule has 0 radical (unpaired) electrons. The highest BCUT2D eigenvalue weighted by Gasteiger charge is 2.14. The topological polar surface area (TPSA) is 72.5 Å². The third-order valence-electron chi connectivity index (χ3n) is 3.23. The summed E-state index contributed by atoms with van der Waals surface area (Å²) in [7, 11) is -2.42. The standard InChI is InChI=1S/C16H15BrFNO4S/c1-23-16(20)12-4-5-13(15(18)8-12)9-19-24(21,22)10-11-2-6-14(17)7-3-11/h2-8,19H,9-10H2,1H3. The number of carbonyl (C=O) groups excluding carboxylic acids is 1. The van der Waals surface area contributed by atoms with Gasteiger partial charge in [0.25, 0.3) is 0 Å².